The molecule has 9 heteroatoms. The van der Waals surface area contributed by atoms with E-state index in [1.807, 2.05) is 4.90 Å². The Morgan fingerprint density at radius 3 is 2.39 bits per heavy atom. The van der Waals surface area contributed by atoms with Crippen LogP contribution >= 0.6 is 0 Å². The molecule has 0 unspecified atom stereocenters. The molecule has 2 saturated carbocycles. The molecule has 0 radical (unpaired) electrons. The zero-order valence-corrected chi connectivity index (χ0v) is 22.9. The molecule has 3 fully saturated rings. The van der Waals surface area contributed by atoms with Crippen molar-refractivity contribution in [3.63, 3.8) is 0 Å². The minimum absolute atomic E-state index is 0.0234. The van der Waals surface area contributed by atoms with Gasteiger partial charge in [-0.3, -0.25) is 9.69 Å². The lowest BCUT2D eigenvalue weighted by molar-refractivity contribution is -0.116. The Kier molecular flexibility index (Phi) is 7.56. The minimum Gasteiger partial charge on any atom is -0.480 e. The monoisotopic (exact) mass is 520 g/mol. The third kappa shape index (κ3) is 5.08. The molecule has 2 heterocycles. The molecule has 1 spiro atoms. The zero-order valence-electron chi connectivity index (χ0n) is 22.9. The summed E-state index contributed by atoms with van der Waals surface area (Å²) in [4.78, 5) is 32.9. The Bertz CT molecular complexity index is 1110. The Morgan fingerprint density at radius 1 is 1.08 bits per heavy atom. The number of hydrogen-bond acceptors (Lipinski definition) is 6. The summed E-state index contributed by atoms with van der Waals surface area (Å²) >= 11 is 0. The summed E-state index contributed by atoms with van der Waals surface area (Å²) in [5, 5.41) is 10.6. The highest BCUT2D eigenvalue weighted by Crippen LogP contribution is 2.49. The molecular formula is C29H40N6O3. The van der Waals surface area contributed by atoms with Gasteiger partial charge < -0.3 is 19.9 Å². The first-order chi connectivity index (χ1) is 18.3. The number of anilines is 1. The van der Waals surface area contributed by atoms with E-state index in [1.54, 1.807) is 12.1 Å². The van der Waals surface area contributed by atoms with Gasteiger partial charge in [-0.1, -0.05) is 36.8 Å². The highest BCUT2D eigenvalue weighted by atomic mass is 16.5. The molecule has 0 atom stereocenters. The summed E-state index contributed by atoms with van der Waals surface area (Å²) in [7, 11) is 5.87. The van der Waals surface area contributed by atoms with Crippen molar-refractivity contribution in [2.75, 3.05) is 46.2 Å². The summed E-state index contributed by atoms with van der Waals surface area (Å²) in [6, 6.07) is 14.2. The van der Waals surface area contributed by atoms with Crippen LogP contribution in [0, 0.1) is 5.92 Å². The second-order valence-corrected chi connectivity index (χ2v) is 11.4. The van der Waals surface area contributed by atoms with E-state index in [-0.39, 0.29) is 29.4 Å². The number of nitrogens with zero attached hydrogens (tertiary/aromatic N) is 5. The van der Waals surface area contributed by atoms with Crippen LogP contribution in [0.25, 0.3) is 0 Å². The Labute approximate surface area is 225 Å². The first kappa shape index (κ1) is 26.4. The number of hydrogen-bond donors (Lipinski definition) is 1. The van der Waals surface area contributed by atoms with Crippen LogP contribution in [0.3, 0.4) is 0 Å². The molecule has 2 aromatic rings. The number of ether oxygens (including phenoxy) is 1. The van der Waals surface area contributed by atoms with Gasteiger partial charge in [-0.05, 0) is 70.2 Å². The average molecular weight is 521 g/mol. The standard InChI is InChI=1S/C29H40N6O3/c1-33(2)29(23-10-5-4-6-11-23)17-15-28(16-18-29)21-34(27(37)35(28)20-22-8-7-9-22)19-14-25(36)30-24-12-13-26(38-3)32-31-24/h4-6,10-13,22H,7-9,14-21H2,1-3H3,(H,30,31,36)/t28-,29+. The van der Waals surface area contributed by atoms with Crippen LogP contribution in [0.1, 0.15) is 56.9 Å². The van der Waals surface area contributed by atoms with Crippen molar-refractivity contribution < 1.29 is 14.3 Å². The topological polar surface area (TPSA) is 90.9 Å². The van der Waals surface area contributed by atoms with E-state index in [0.29, 0.717) is 30.7 Å². The second-order valence-electron chi connectivity index (χ2n) is 11.4. The number of rotatable bonds is 9. The third-order valence-corrected chi connectivity index (χ3v) is 9.13. The third-order valence-electron chi connectivity index (χ3n) is 9.13. The molecule has 204 valence electrons. The first-order valence-electron chi connectivity index (χ1n) is 13.8. The maximum Gasteiger partial charge on any atom is 0.320 e. The summed E-state index contributed by atoms with van der Waals surface area (Å²) < 4.78 is 5.02. The molecule has 0 bridgehead atoms. The van der Waals surface area contributed by atoms with Gasteiger partial charge in [-0.15, -0.1) is 10.2 Å². The summed E-state index contributed by atoms with van der Waals surface area (Å²) in [6.07, 6.45) is 7.82. The number of benzene rings is 1. The van der Waals surface area contributed by atoms with Gasteiger partial charge >= 0.3 is 6.03 Å². The molecule has 1 N–H and O–H groups in total. The van der Waals surface area contributed by atoms with Gasteiger partial charge in [0.05, 0.1) is 12.6 Å². The lowest BCUT2D eigenvalue weighted by Gasteiger charge is -2.51. The molecule has 1 aromatic heterocycles. The highest BCUT2D eigenvalue weighted by molar-refractivity contribution is 5.90. The van der Waals surface area contributed by atoms with Crippen molar-refractivity contribution in [2.45, 2.75) is 62.4 Å². The smallest absolute Gasteiger partial charge is 0.320 e. The van der Waals surface area contributed by atoms with Crippen LogP contribution in [-0.2, 0) is 10.3 Å². The lowest BCUT2D eigenvalue weighted by Crippen LogP contribution is -2.56. The van der Waals surface area contributed by atoms with Crippen LogP contribution < -0.4 is 10.1 Å². The Balaban J connectivity index is 1.27. The predicted octanol–water partition coefficient (Wildman–Crippen LogP) is 4.12. The number of amides is 3. The van der Waals surface area contributed by atoms with Crippen molar-refractivity contribution in [1.82, 2.24) is 24.9 Å². The molecule has 5 rings (SSSR count). The Morgan fingerprint density at radius 2 is 1.82 bits per heavy atom. The largest absolute Gasteiger partial charge is 0.480 e. The van der Waals surface area contributed by atoms with Crippen LogP contribution in [0.5, 0.6) is 5.88 Å². The first-order valence-corrected chi connectivity index (χ1v) is 13.8. The number of nitrogens with one attached hydrogen (secondary N) is 1. The van der Waals surface area contributed by atoms with Crippen LogP contribution in [0.15, 0.2) is 42.5 Å². The van der Waals surface area contributed by atoms with Crippen LogP contribution in [-0.4, -0.2) is 83.2 Å². The number of methoxy groups -OCH3 is 1. The molecule has 9 nitrogen and oxygen atoms in total. The second kappa shape index (κ2) is 10.9. The van der Waals surface area contributed by atoms with Gasteiger partial charge in [0.1, 0.15) is 0 Å². The van der Waals surface area contributed by atoms with Gasteiger partial charge in [-0.2, -0.15) is 0 Å². The molecule has 2 aliphatic carbocycles. The minimum atomic E-state index is -0.178. The van der Waals surface area contributed by atoms with Crippen molar-refractivity contribution in [3.8, 4) is 5.88 Å². The van der Waals surface area contributed by atoms with Gasteiger partial charge in [0, 0.05) is 37.7 Å². The number of carbonyl (C=O) groups is 2. The number of urea groups is 1. The molecule has 1 aromatic carbocycles. The van der Waals surface area contributed by atoms with E-state index >= 15 is 0 Å². The van der Waals surface area contributed by atoms with Gasteiger partial charge in [0.2, 0.25) is 11.8 Å². The van der Waals surface area contributed by atoms with E-state index < -0.39 is 0 Å². The lowest BCUT2D eigenvalue weighted by atomic mass is 9.68. The van der Waals surface area contributed by atoms with Crippen LogP contribution in [0.2, 0.25) is 0 Å². The number of aromatic nitrogens is 2. The van der Waals surface area contributed by atoms with Crippen molar-refractivity contribution in [3.05, 3.63) is 48.0 Å². The maximum atomic E-state index is 13.7. The summed E-state index contributed by atoms with van der Waals surface area (Å²) in [5.74, 6) is 1.19. The van der Waals surface area contributed by atoms with E-state index in [2.05, 4.69) is 69.7 Å². The summed E-state index contributed by atoms with van der Waals surface area (Å²) in [6.45, 7) is 1.92. The van der Waals surface area contributed by atoms with Gasteiger partial charge in [-0.25, -0.2) is 4.79 Å². The van der Waals surface area contributed by atoms with Gasteiger partial charge in [0.15, 0.2) is 5.82 Å². The van der Waals surface area contributed by atoms with Crippen molar-refractivity contribution >= 4 is 17.8 Å². The fourth-order valence-electron chi connectivity index (χ4n) is 6.50. The van der Waals surface area contributed by atoms with E-state index in [9.17, 15) is 9.59 Å². The fourth-order valence-corrected chi connectivity index (χ4v) is 6.50. The van der Waals surface area contributed by atoms with Crippen LogP contribution in [0.4, 0.5) is 10.6 Å². The SMILES string of the molecule is COc1ccc(NC(=O)CCN2C[C@]3(CC[C@](c4ccccc4)(N(C)C)CC3)N(CC3CCC3)C2=O)nn1. The normalized spacial score (nSPS) is 25.6. The predicted molar refractivity (Wildman–Crippen MR) is 146 cm³/mol. The van der Waals surface area contributed by atoms with Crippen molar-refractivity contribution in [1.29, 1.82) is 0 Å². The highest BCUT2D eigenvalue weighted by Gasteiger charge is 2.54. The van der Waals surface area contributed by atoms with Gasteiger partial charge in [0.25, 0.3) is 0 Å². The van der Waals surface area contributed by atoms with E-state index in [1.165, 1.54) is 31.9 Å². The molecule has 38 heavy (non-hydrogen) atoms. The van der Waals surface area contributed by atoms with Crippen molar-refractivity contribution in [2.24, 2.45) is 5.92 Å². The van der Waals surface area contributed by atoms with E-state index in [4.69, 9.17) is 4.74 Å². The molecule has 3 amide bonds. The number of carbonyl (C=O) groups excluding carboxylic acids is 2. The molecular weight excluding hydrogens is 480 g/mol. The summed E-state index contributed by atoms with van der Waals surface area (Å²) in [5.41, 5.74) is 1.16. The maximum absolute atomic E-state index is 13.7. The zero-order chi connectivity index (χ0) is 26.8. The molecule has 3 aliphatic rings. The fraction of sp³-hybridized carbons (Fsp3) is 0.586. The molecule has 1 saturated heterocycles. The quantitative estimate of drug-likeness (QED) is 0.535. The average Bonchev–Trinajstić information content (AvgIpc) is 3.16. The molecule has 1 aliphatic heterocycles. The Hall–Kier alpha value is -3.20. The van der Waals surface area contributed by atoms with E-state index in [0.717, 1.165) is 32.2 Å².